The van der Waals surface area contributed by atoms with E-state index in [4.69, 9.17) is 23.2 Å². The molecule has 0 saturated carbocycles. The van der Waals surface area contributed by atoms with E-state index in [0.717, 1.165) is 31.7 Å². The van der Waals surface area contributed by atoms with Crippen LogP contribution >= 0.6 is 23.2 Å². The number of piperazine rings is 1. The highest BCUT2D eigenvalue weighted by Gasteiger charge is 2.22. The van der Waals surface area contributed by atoms with Gasteiger partial charge in [-0.25, -0.2) is 4.79 Å². The van der Waals surface area contributed by atoms with E-state index in [2.05, 4.69) is 10.2 Å². The van der Waals surface area contributed by atoms with Crippen LogP contribution in [-0.4, -0.2) is 43.7 Å². The van der Waals surface area contributed by atoms with Crippen molar-refractivity contribution in [3.8, 4) is 0 Å². The molecule has 1 aliphatic rings. The van der Waals surface area contributed by atoms with Crippen LogP contribution in [-0.2, 0) is 0 Å². The molecule has 1 heterocycles. The minimum Gasteiger partial charge on any atom is -0.367 e. The van der Waals surface area contributed by atoms with Gasteiger partial charge in [-0.1, -0.05) is 30.1 Å². The summed E-state index contributed by atoms with van der Waals surface area (Å²) in [6.07, 6.45) is 0.950. The molecule has 20 heavy (non-hydrogen) atoms. The van der Waals surface area contributed by atoms with E-state index in [9.17, 15) is 4.79 Å². The van der Waals surface area contributed by atoms with E-state index < -0.39 is 0 Å². The summed E-state index contributed by atoms with van der Waals surface area (Å²) >= 11 is 12.1. The highest BCUT2D eigenvalue weighted by Crippen LogP contribution is 2.29. The normalized spacial score (nSPS) is 15.3. The van der Waals surface area contributed by atoms with Gasteiger partial charge in [0, 0.05) is 37.7 Å². The van der Waals surface area contributed by atoms with Crippen molar-refractivity contribution in [3.63, 3.8) is 0 Å². The first kappa shape index (κ1) is 15.3. The molecule has 1 saturated heterocycles. The molecule has 4 nitrogen and oxygen atoms in total. The standard InChI is InChI=1S/C14H19Cl2N3O/c1-2-5-17-14(20)19-8-6-18(7-9-19)13-4-3-11(15)10-12(13)16/h3-4,10H,2,5-9H2,1H3,(H,17,20). The molecule has 110 valence electrons. The number of urea groups is 1. The van der Waals surface area contributed by atoms with Gasteiger partial charge in [-0.05, 0) is 24.6 Å². The molecule has 1 N–H and O–H groups in total. The number of carbonyl (C=O) groups is 1. The largest absolute Gasteiger partial charge is 0.367 e. The Morgan fingerprint density at radius 1 is 1.25 bits per heavy atom. The summed E-state index contributed by atoms with van der Waals surface area (Å²) in [4.78, 5) is 15.9. The molecule has 0 bridgehead atoms. The van der Waals surface area contributed by atoms with E-state index in [1.807, 2.05) is 24.0 Å². The molecule has 0 unspecified atom stereocenters. The van der Waals surface area contributed by atoms with Crippen LogP contribution in [0.5, 0.6) is 0 Å². The highest BCUT2D eigenvalue weighted by atomic mass is 35.5. The first-order valence-electron chi connectivity index (χ1n) is 6.84. The van der Waals surface area contributed by atoms with Crippen LogP contribution in [0.25, 0.3) is 0 Å². The van der Waals surface area contributed by atoms with Crippen molar-refractivity contribution in [3.05, 3.63) is 28.2 Å². The number of hydrogen-bond donors (Lipinski definition) is 1. The summed E-state index contributed by atoms with van der Waals surface area (Å²) in [6, 6.07) is 5.54. The molecular weight excluding hydrogens is 297 g/mol. The number of nitrogens with zero attached hydrogens (tertiary/aromatic N) is 2. The summed E-state index contributed by atoms with van der Waals surface area (Å²) in [5.41, 5.74) is 0.977. The van der Waals surface area contributed by atoms with Crippen molar-refractivity contribution in [2.45, 2.75) is 13.3 Å². The van der Waals surface area contributed by atoms with Gasteiger partial charge in [0.05, 0.1) is 10.7 Å². The second-order valence-electron chi connectivity index (χ2n) is 4.80. The fraction of sp³-hybridized carbons (Fsp3) is 0.500. The number of anilines is 1. The van der Waals surface area contributed by atoms with Crippen molar-refractivity contribution in [2.24, 2.45) is 0 Å². The smallest absolute Gasteiger partial charge is 0.317 e. The third kappa shape index (κ3) is 3.70. The summed E-state index contributed by atoms with van der Waals surface area (Å²) in [5, 5.41) is 4.19. The molecule has 6 heteroatoms. The number of hydrogen-bond acceptors (Lipinski definition) is 2. The molecule has 0 radical (unpaired) electrons. The zero-order chi connectivity index (χ0) is 14.5. The lowest BCUT2D eigenvalue weighted by molar-refractivity contribution is 0.194. The van der Waals surface area contributed by atoms with Gasteiger partial charge >= 0.3 is 6.03 Å². The second kappa shape index (κ2) is 7.04. The molecular formula is C14H19Cl2N3O. The Morgan fingerprint density at radius 3 is 2.55 bits per heavy atom. The minimum absolute atomic E-state index is 0.0219. The van der Waals surface area contributed by atoms with Gasteiger partial charge in [0.1, 0.15) is 0 Å². The first-order chi connectivity index (χ1) is 9.61. The predicted molar refractivity (Wildman–Crippen MR) is 83.9 cm³/mol. The van der Waals surface area contributed by atoms with E-state index in [0.29, 0.717) is 23.1 Å². The van der Waals surface area contributed by atoms with Crippen LogP contribution in [0.1, 0.15) is 13.3 Å². The lowest BCUT2D eigenvalue weighted by Crippen LogP contribution is -2.52. The average Bonchev–Trinajstić information content (AvgIpc) is 2.45. The second-order valence-corrected chi connectivity index (χ2v) is 5.65. The number of amides is 2. The lowest BCUT2D eigenvalue weighted by Gasteiger charge is -2.36. The Balaban J connectivity index is 1.92. The minimum atomic E-state index is 0.0219. The Labute approximate surface area is 129 Å². The number of rotatable bonds is 3. The fourth-order valence-corrected chi connectivity index (χ4v) is 2.76. The summed E-state index contributed by atoms with van der Waals surface area (Å²) in [7, 11) is 0. The Morgan fingerprint density at radius 2 is 1.95 bits per heavy atom. The topological polar surface area (TPSA) is 35.6 Å². The zero-order valence-electron chi connectivity index (χ0n) is 11.5. The van der Waals surface area contributed by atoms with Crippen molar-refractivity contribution in [1.29, 1.82) is 0 Å². The summed E-state index contributed by atoms with van der Waals surface area (Å²) in [6.45, 7) is 5.73. The molecule has 0 atom stereocenters. The van der Waals surface area contributed by atoms with Crippen LogP contribution in [0, 0.1) is 0 Å². The van der Waals surface area contributed by atoms with Crippen LogP contribution in [0.3, 0.4) is 0 Å². The zero-order valence-corrected chi connectivity index (χ0v) is 13.0. The molecule has 0 aliphatic carbocycles. The molecule has 0 aromatic heterocycles. The lowest BCUT2D eigenvalue weighted by atomic mass is 10.2. The molecule has 2 amide bonds. The SMILES string of the molecule is CCCNC(=O)N1CCN(c2ccc(Cl)cc2Cl)CC1. The average molecular weight is 316 g/mol. The number of carbonyl (C=O) groups excluding carboxylic acids is 1. The van der Waals surface area contributed by atoms with Crippen molar-refractivity contribution >= 4 is 34.9 Å². The molecule has 1 aliphatic heterocycles. The quantitative estimate of drug-likeness (QED) is 0.929. The Bertz CT molecular complexity index is 473. The van der Waals surface area contributed by atoms with Crippen molar-refractivity contribution in [1.82, 2.24) is 10.2 Å². The van der Waals surface area contributed by atoms with E-state index >= 15 is 0 Å². The van der Waals surface area contributed by atoms with Crippen LogP contribution in [0.4, 0.5) is 10.5 Å². The first-order valence-corrected chi connectivity index (χ1v) is 7.60. The van der Waals surface area contributed by atoms with Gasteiger partial charge in [0.15, 0.2) is 0 Å². The maximum absolute atomic E-state index is 11.9. The van der Waals surface area contributed by atoms with Crippen LogP contribution in [0.2, 0.25) is 10.0 Å². The van der Waals surface area contributed by atoms with Crippen molar-refractivity contribution < 1.29 is 4.79 Å². The molecule has 1 fully saturated rings. The number of benzene rings is 1. The molecule has 1 aromatic rings. The van der Waals surface area contributed by atoms with Crippen molar-refractivity contribution in [2.75, 3.05) is 37.6 Å². The molecule has 0 spiro atoms. The monoisotopic (exact) mass is 315 g/mol. The third-order valence-corrected chi connectivity index (χ3v) is 3.88. The summed E-state index contributed by atoms with van der Waals surface area (Å²) in [5.74, 6) is 0. The predicted octanol–water partition coefficient (Wildman–Crippen LogP) is 3.24. The summed E-state index contributed by atoms with van der Waals surface area (Å²) < 4.78 is 0. The van der Waals surface area contributed by atoms with Gasteiger partial charge in [-0.15, -0.1) is 0 Å². The van der Waals surface area contributed by atoms with Gasteiger partial charge in [-0.2, -0.15) is 0 Å². The number of nitrogens with one attached hydrogen (secondary N) is 1. The van der Waals surface area contributed by atoms with Crippen LogP contribution < -0.4 is 10.2 Å². The van der Waals surface area contributed by atoms with E-state index in [-0.39, 0.29) is 6.03 Å². The van der Waals surface area contributed by atoms with Gasteiger partial charge < -0.3 is 15.1 Å². The molecule has 2 rings (SSSR count). The van der Waals surface area contributed by atoms with Gasteiger partial charge in [0.25, 0.3) is 0 Å². The van der Waals surface area contributed by atoms with E-state index in [1.165, 1.54) is 0 Å². The highest BCUT2D eigenvalue weighted by molar-refractivity contribution is 6.36. The fourth-order valence-electron chi connectivity index (χ4n) is 2.23. The number of halogens is 2. The molecule has 1 aromatic carbocycles. The Hall–Kier alpha value is -1.13. The van der Waals surface area contributed by atoms with E-state index in [1.54, 1.807) is 6.07 Å². The van der Waals surface area contributed by atoms with Gasteiger partial charge in [0.2, 0.25) is 0 Å². The van der Waals surface area contributed by atoms with Crippen LogP contribution in [0.15, 0.2) is 18.2 Å². The maximum atomic E-state index is 11.9. The third-order valence-electron chi connectivity index (χ3n) is 3.34. The van der Waals surface area contributed by atoms with Gasteiger partial charge in [-0.3, -0.25) is 0 Å². The Kier molecular flexibility index (Phi) is 5.38. The maximum Gasteiger partial charge on any atom is 0.317 e.